The molecule has 6 nitrogen and oxygen atoms in total. The lowest BCUT2D eigenvalue weighted by Crippen LogP contribution is -2.79. The summed E-state index contributed by atoms with van der Waals surface area (Å²) in [6, 6.07) is 5.04. The Morgan fingerprint density at radius 2 is 1.96 bits per heavy atom. The zero-order valence-electron chi connectivity index (χ0n) is 15.1. The van der Waals surface area contributed by atoms with Crippen molar-refractivity contribution in [3.05, 3.63) is 33.8 Å². The van der Waals surface area contributed by atoms with E-state index in [1.54, 1.807) is 28.0 Å². The average molecular weight is 400 g/mol. The Hall–Kier alpha value is -1.66. The van der Waals surface area contributed by atoms with Crippen molar-refractivity contribution >= 4 is 35.3 Å². The van der Waals surface area contributed by atoms with Crippen molar-refractivity contribution in [1.82, 2.24) is 15.1 Å². The topological polar surface area (TPSA) is 61.9 Å². The lowest BCUT2D eigenvalue weighted by molar-refractivity contribution is -0.0951. The Labute approximate surface area is 163 Å². The number of ether oxygens (including phenoxy) is 1. The molecule has 2 heterocycles. The zero-order valence-corrected chi connectivity index (χ0v) is 16.7. The molecule has 0 atom stereocenters. The van der Waals surface area contributed by atoms with E-state index in [2.05, 4.69) is 5.32 Å². The predicted molar refractivity (Wildman–Crippen MR) is 101 cm³/mol. The van der Waals surface area contributed by atoms with Crippen LogP contribution in [0.2, 0.25) is 10.0 Å². The molecule has 0 bridgehead atoms. The van der Waals surface area contributed by atoms with E-state index in [1.165, 1.54) is 0 Å². The Morgan fingerprint density at radius 1 is 1.27 bits per heavy atom. The van der Waals surface area contributed by atoms with Crippen molar-refractivity contribution in [1.29, 1.82) is 0 Å². The van der Waals surface area contributed by atoms with E-state index in [4.69, 9.17) is 27.9 Å². The van der Waals surface area contributed by atoms with E-state index in [0.717, 1.165) is 12.0 Å². The largest absolute Gasteiger partial charge is 0.444 e. The van der Waals surface area contributed by atoms with Gasteiger partial charge in [-0.15, -0.1) is 0 Å². The number of hydrogen-bond acceptors (Lipinski definition) is 3. The predicted octanol–water partition coefficient (Wildman–Crippen LogP) is 3.90. The summed E-state index contributed by atoms with van der Waals surface area (Å²) in [6.45, 7) is 7.55. The Bertz CT molecular complexity index is 727. The van der Waals surface area contributed by atoms with Crippen LogP contribution in [0.25, 0.3) is 0 Å². The minimum atomic E-state index is -0.519. The average Bonchev–Trinajstić information content (AvgIpc) is 2.41. The quantitative estimate of drug-likeness (QED) is 0.819. The molecule has 2 aliphatic rings. The SMILES string of the molecule is CC(C)(C)OC(=O)N1CC2(CCN2C(=O)NCc2ccc(Cl)cc2Cl)C1. The number of likely N-dealkylation sites (tertiary alicyclic amines) is 2. The monoisotopic (exact) mass is 399 g/mol. The fourth-order valence-corrected chi connectivity index (χ4v) is 3.71. The first-order chi connectivity index (χ1) is 12.1. The molecule has 0 aromatic heterocycles. The minimum absolute atomic E-state index is 0.147. The second-order valence-electron chi connectivity index (χ2n) is 7.86. The third-order valence-electron chi connectivity index (χ3n) is 4.69. The molecule has 26 heavy (non-hydrogen) atoms. The number of urea groups is 1. The normalized spacial score (nSPS) is 18.2. The number of nitrogens with zero attached hydrogens (tertiary/aromatic N) is 2. The molecule has 0 unspecified atom stereocenters. The second kappa shape index (κ2) is 6.82. The molecule has 142 valence electrons. The van der Waals surface area contributed by atoms with Gasteiger partial charge in [-0.3, -0.25) is 0 Å². The number of halogens is 2. The molecular weight excluding hydrogens is 377 g/mol. The number of benzene rings is 1. The molecule has 1 N–H and O–H groups in total. The maximum atomic E-state index is 12.5. The van der Waals surface area contributed by atoms with Crippen LogP contribution in [0.1, 0.15) is 32.8 Å². The maximum Gasteiger partial charge on any atom is 0.410 e. The molecule has 1 spiro atoms. The van der Waals surface area contributed by atoms with Crippen LogP contribution < -0.4 is 5.32 Å². The van der Waals surface area contributed by atoms with Crippen LogP contribution in [0.15, 0.2) is 18.2 Å². The van der Waals surface area contributed by atoms with Crippen LogP contribution >= 0.6 is 23.2 Å². The summed E-state index contributed by atoms with van der Waals surface area (Å²) in [5, 5.41) is 3.97. The summed E-state index contributed by atoms with van der Waals surface area (Å²) in [7, 11) is 0. The highest BCUT2D eigenvalue weighted by molar-refractivity contribution is 6.35. The number of amides is 3. The molecule has 2 aliphatic heterocycles. The third kappa shape index (κ3) is 3.86. The molecule has 1 aromatic rings. The van der Waals surface area contributed by atoms with Crippen molar-refractivity contribution in [2.45, 2.75) is 44.9 Å². The molecule has 2 saturated heterocycles. The highest BCUT2D eigenvalue weighted by Crippen LogP contribution is 2.39. The van der Waals surface area contributed by atoms with Crippen molar-refractivity contribution in [2.24, 2.45) is 0 Å². The molecule has 1 aromatic carbocycles. The zero-order chi connectivity index (χ0) is 19.1. The first-order valence-corrected chi connectivity index (χ1v) is 9.33. The van der Waals surface area contributed by atoms with Crippen molar-refractivity contribution in [3.8, 4) is 0 Å². The van der Waals surface area contributed by atoms with Gasteiger partial charge in [0.2, 0.25) is 0 Å². The van der Waals surface area contributed by atoms with Crippen LogP contribution in [0, 0.1) is 0 Å². The van der Waals surface area contributed by atoms with Crippen molar-refractivity contribution < 1.29 is 14.3 Å². The number of carbonyl (C=O) groups is 2. The molecule has 0 saturated carbocycles. The number of nitrogens with one attached hydrogen (secondary N) is 1. The molecule has 3 rings (SSSR count). The van der Waals surface area contributed by atoms with E-state index in [1.807, 2.05) is 20.8 Å². The highest BCUT2D eigenvalue weighted by Gasteiger charge is 2.57. The van der Waals surface area contributed by atoms with Crippen molar-refractivity contribution in [2.75, 3.05) is 19.6 Å². The summed E-state index contributed by atoms with van der Waals surface area (Å²) in [6.07, 6.45) is 0.560. The number of carbonyl (C=O) groups excluding carboxylic acids is 2. The van der Waals surface area contributed by atoms with Crippen molar-refractivity contribution in [3.63, 3.8) is 0 Å². The fraction of sp³-hybridized carbons (Fsp3) is 0.556. The van der Waals surface area contributed by atoms with Gasteiger partial charge < -0.3 is 19.9 Å². The minimum Gasteiger partial charge on any atom is -0.444 e. The van der Waals surface area contributed by atoms with Crippen LogP contribution in [0.3, 0.4) is 0 Å². The Kier molecular flexibility index (Phi) is 5.01. The van der Waals surface area contributed by atoms with Crippen LogP contribution in [-0.4, -0.2) is 52.7 Å². The first-order valence-electron chi connectivity index (χ1n) is 8.57. The van der Waals surface area contributed by atoms with E-state index in [-0.39, 0.29) is 17.7 Å². The van der Waals surface area contributed by atoms with Gasteiger partial charge in [-0.05, 0) is 44.9 Å². The molecule has 8 heteroatoms. The number of rotatable bonds is 2. The van der Waals surface area contributed by atoms with Crippen LogP contribution in [-0.2, 0) is 11.3 Å². The van der Waals surface area contributed by atoms with Gasteiger partial charge in [0.05, 0.1) is 5.54 Å². The molecular formula is C18H23Cl2N3O3. The van der Waals surface area contributed by atoms with Gasteiger partial charge in [-0.2, -0.15) is 0 Å². The van der Waals surface area contributed by atoms with Crippen LogP contribution in [0.4, 0.5) is 9.59 Å². The van der Waals surface area contributed by atoms with Gasteiger partial charge in [0.15, 0.2) is 0 Å². The Morgan fingerprint density at radius 3 is 2.50 bits per heavy atom. The molecule has 0 aliphatic carbocycles. The second-order valence-corrected chi connectivity index (χ2v) is 8.70. The summed E-state index contributed by atoms with van der Waals surface area (Å²) < 4.78 is 5.37. The summed E-state index contributed by atoms with van der Waals surface area (Å²) >= 11 is 12.0. The van der Waals surface area contributed by atoms with Gasteiger partial charge in [-0.25, -0.2) is 9.59 Å². The lowest BCUT2D eigenvalue weighted by atomic mass is 9.78. The summed E-state index contributed by atoms with van der Waals surface area (Å²) in [4.78, 5) is 28.0. The van der Waals surface area contributed by atoms with E-state index < -0.39 is 5.60 Å². The summed E-state index contributed by atoms with van der Waals surface area (Å²) in [5.74, 6) is 0. The van der Waals surface area contributed by atoms with Gasteiger partial charge in [0.1, 0.15) is 5.60 Å². The van der Waals surface area contributed by atoms with Crippen LogP contribution in [0.5, 0.6) is 0 Å². The Balaban J connectivity index is 1.51. The number of hydrogen-bond donors (Lipinski definition) is 1. The fourth-order valence-electron chi connectivity index (χ4n) is 3.24. The van der Waals surface area contributed by atoms with E-state index in [9.17, 15) is 9.59 Å². The van der Waals surface area contributed by atoms with E-state index in [0.29, 0.717) is 36.2 Å². The van der Waals surface area contributed by atoms with Gasteiger partial charge in [0.25, 0.3) is 0 Å². The molecule has 2 fully saturated rings. The summed E-state index contributed by atoms with van der Waals surface area (Å²) in [5.41, 5.74) is 0.0297. The van der Waals surface area contributed by atoms with Gasteiger partial charge in [0, 0.05) is 36.2 Å². The molecule has 3 amide bonds. The molecule has 0 radical (unpaired) electrons. The first kappa shape index (κ1) is 19.1. The highest BCUT2D eigenvalue weighted by atomic mass is 35.5. The standard InChI is InChI=1S/C18H23Cl2N3O3/c1-17(2,3)26-16(25)22-10-18(11-22)6-7-23(18)15(24)21-9-12-4-5-13(19)8-14(12)20/h4-5,8H,6-7,9-11H2,1-3H3,(H,21,24). The van der Waals surface area contributed by atoms with Gasteiger partial charge >= 0.3 is 12.1 Å². The van der Waals surface area contributed by atoms with E-state index >= 15 is 0 Å². The smallest absolute Gasteiger partial charge is 0.410 e. The lowest BCUT2D eigenvalue weighted by Gasteiger charge is -2.61. The maximum absolute atomic E-state index is 12.5. The van der Waals surface area contributed by atoms with Gasteiger partial charge in [-0.1, -0.05) is 29.3 Å². The third-order valence-corrected chi connectivity index (χ3v) is 5.27.